The van der Waals surface area contributed by atoms with Gasteiger partial charge < -0.3 is 18.7 Å². The quantitative estimate of drug-likeness (QED) is 0.424. The van der Waals surface area contributed by atoms with E-state index in [-0.39, 0.29) is 34.6 Å². The van der Waals surface area contributed by atoms with Crippen molar-refractivity contribution in [2.75, 3.05) is 11.5 Å². The molecule has 4 rings (SSSR count). The number of hydrogen-bond acceptors (Lipinski definition) is 10. The molecule has 0 spiro atoms. The highest BCUT2D eigenvalue weighted by atomic mass is 32.2. The van der Waals surface area contributed by atoms with Crippen LogP contribution >= 0.6 is 23.5 Å². The number of aryl methyl sites for hydroxylation is 1. The number of carbonyl (C=O) groups is 2. The second kappa shape index (κ2) is 9.16. The lowest BCUT2D eigenvalue weighted by Crippen LogP contribution is -2.60. The van der Waals surface area contributed by atoms with Gasteiger partial charge in [-0.1, -0.05) is 18.7 Å². The van der Waals surface area contributed by atoms with Crippen molar-refractivity contribution < 1.29 is 32.5 Å². The molecule has 0 aromatic carbocycles. The van der Waals surface area contributed by atoms with E-state index in [4.69, 9.17) is 13.6 Å². The third-order valence-corrected chi connectivity index (χ3v) is 9.86. The third kappa shape index (κ3) is 4.39. The van der Waals surface area contributed by atoms with Gasteiger partial charge in [0.05, 0.1) is 16.3 Å². The average Bonchev–Trinajstić information content (AvgIpc) is 3.36. The van der Waals surface area contributed by atoms with E-state index >= 15 is 0 Å². The molecule has 9 nitrogen and oxygen atoms in total. The predicted molar refractivity (Wildman–Crippen MR) is 115 cm³/mol. The molecule has 2 saturated heterocycles. The fourth-order valence-electron chi connectivity index (χ4n) is 3.77. The van der Waals surface area contributed by atoms with Crippen molar-refractivity contribution in [2.24, 2.45) is 5.92 Å². The van der Waals surface area contributed by atoms with Crippen molar-refractivity contribution in [2.45, 2.75) is 56.4 Å². The smallest absolute Gasteiger partial charge is 0.453 e. The number of carbonyl (C=O) groups excluding carboxylic acids is 2. The number of aliphatic hydroxyl groups is 1. The van der Waals surface area contributed by atoms with Crippen LogP contribution in [0.3, 0.4) is 0 Å². The van der Waals surface area contributed by atoms with Crippen molar-refractivity contribution >= 4 is 46.2 Å². The molecule has 1 aromatic rings. The van der Waals surface area contributed by atoms with Gasteiger partial charge in [-0.3, -0.25) is 13.9 Å². The fraction of sp³-hybridized carbons (Fsp3) is 0.632. The number of hydrogen-bond donors (Lipinski definition) is 1. The minimum Gasteiger partial charge on any atom is -0.453 e. The van der Waals surface area contributed by atoms with Gasteiger partial charge in [0, 0.05) is 34.0 Å². The minimum absolute atomic E-state index is 0.0907. The highest BCUT2D eigenvalue weighted by molar-refractivity contribution is 8.23. The maximum absolute atomic E-state index is 13.0. The second-order valence-electron chi connectivity index (χ2n) is 7.58. The van der Waals surface area contributed by atoms with Crippen molar-refractivity contribution in [1.82, 2.24) is 4.90 Å². The van der Waals surface area contributed by atoms with E-state index < -0.39 is 34.6 Å². The van der Waals surface area contributed by atoms with Crippen LogP contribution < -0.4 is 5.82 Å². The number of rotatable bonds is 8. The van der Waals surface area contributed by atoms with E-state index in [1.54, 1.807) is 6.92 Å². The summed E-state index contributed by atoms with van der Waals surface area (Å²) in [5.74, 6) is -0.828. The van der Waals surface area contributed by atoms with Gasteiger partial charge in [-0.25, -0.2) is 9.59 Å². The van der Waals surface area contributed by atoms with Crippen LogP contribution in [0, 0.1) is 5.92 Å². The maximum atomic E-state index is 13.0. The lowest BCUT2D eigenvalue weighted by Gasteiger charge is -2.43. The average molecular weight is 490 g/mol. The van der Waals surface area contributed by atoms with Crippen LogP contribution in [0.25, 0.3) is 0 Å². The summed E-state index contributed by atoms with van der Waals surface area (Å²) in [6.07, 6.45) is 1.13. The number of esters is 1. The molecule has 31 heavy (non-hydrogen) atoms. The van der Waals surface area contributed by atoms with Crippen LogP contribution in [0.1, 0.15) is 38.2 Å². The molecule has 1 aromatic heterocycles. The van der Waals surface area contributed by atoms with Gasteiger partial charge in [-0.15, -0.1) is 11.8 Å². The Morgan fingerprint density at radius 1 is 1.39 bits per heavy atom. The largest absolute Gasteiger partial charge is 0.519 e. The highest BCUT2D eigenvalue weighted by Crippen LogP contribution is 2.55. The molecule has 1 amide bonds. The van der Waals surface area contributed by atoms with Gasteiger partial charge in [0.1, 0.15) is 5.37 Å². The van der Waals surface area contributed by atoms with Gasteiger partial charge >= 0.3 is 11.8 Å². The van der Waals surface area contributed by atoms with Crippen LogP contribution in [-0.4, -0.2) is 54.3 Å². The molecule has 0 bridgehead atoms. The summed E-state index contributed by atoms with van der Waals surface area (Å²) in [5, 5.41) is 9.68. The molecule has 170 valence electrons. The number of β-lactam (4-membered cyclic amide) rings is 1. The first-order valence-corrected chi connectivity index (χ1v) is 13.3. The molecule has 0 aliphatic carbocycles. The fourth-order valence-corrected chi connectivity index (χ4v) is 9.02. The maximum Gasteiger partial charge on any atom is 0.519 e. The van der Waals surface area contributed by atoms with E-state index in [0.29, 0.717) is 27.9 Å². The van der Waals surface area contributed by atoms with Crippen LogP contribution in [0.5, 0.6) is 0 Å². The van der Waals surface area contributed by atoms with E-state index in [1.165, 1.54) is 28.4 Å². The lowest BCUT2D eigenvalue weighted by atomic mass is 9.92. The Morgan fingerprint density at radius 3 is 2.77 bits per heavy atom. The Labute approximate surface area is 189 Å². The molecule has 12 heteroatoms. The molecule has 0 unspecified atom stereocenters. The van der Waals surface area contributed by atoms with Crippen LogP contribution in [-0.2, 0) is 38.2 Å². The van der Waals surface area contributed by atoms with Crippen LogP contribution in [0.2, 0.25) is 0 Å². The summed E-state index contributed by atoms with van der Waals surface area (Å²) in [4.78, 5) is 38.4. The summed E-state index contributed by atoms with van der Waals surface area (Å²) in [5.41, 5.74) is 0.141. The molecule has 4 heterocycles. The molecule has 5 atom stereocenters. The molecule has 1 N–H and O–H groups in total. The van der Waals surface area contributed by atoms with Crippen molar-refractivity contribution in [3.63, 3.8) is 0 Å². The summed E-state index contributed by atoms with van der Waals surface area (Å²) >= 11 is 2.79. The number of ether oxygens (including phenoxy) is 1. The molecular formula is C19H23NO8S3. The van der Waals surface area contributed by atoms with Crippen molar-refractivity contribution in [1.29, 1.82) is 0 Å². The normalized spacial score (nSPS) is 28.6. The zero-order chi connectivity index (χ0) is 22.3. The van der Waals surface area contributed by atoms with Gasteiger partial charge in [0.15, 0.2) is 23.8 Å². The van der Waals surface area contributed by atoms with Gasteiger partial charge in [-0.05, 0) is 19.8 Å². The standard InChI is InChI=1S/C19H23NO8S3/c1-3-4-11-12(28-19(24)27-11)7-26-17(23)14-18(29-10-5-6-31(25)8-10)30-16-13(9(2)21)15(22)20(14)16/h9-10,13,16,21H,3-8H2,1-2H3/t9-,10+,13+,16-,31-/m1/s1. The summed E-state index contributed by atoms with van der Waals surface area (Å²) in [6.45, 7) is 3.18. The Morgan fingerprint density at radius 2 is 2.13 bits per heavy atom. The number of nitrogens with zero attached hydrogens (tertiary/aromatic N) is 1. The molecule has 3 aliphatic heterocycles. The van der Waals surface area contributed by atoms with Gasteiger partial charge in [0.25, 0.3) is 0 Å². The number of fused-ring (bicyclic) bond motifs is 1. The first-order valence-electron chi connectivity index (χ1n) is 10.0. The molecule has 2 fully saturated rings. The Hall–Kier alpha value is -1.50. The SMILES string of the molecule is CCCc1oc(=O)oc1COC(=O)C1=C(S[C@H]2CC[S@@](=O)C2)S[C@@H]2[C@@H]([C@@H](C)O)C(=O)N12. The second-order valence-corrected chi connectivity index (χ2v) is 11.9. The monoisotopic (exact) mass is 489 g/mol. The first kappa shape index (κ1) is 22.7. The molecular weight excluding hydrogens is 466 g/mol. The van der Waals surface area contributed by atoms with Gasteiger partial charge in [-0.2, -0.15) is 0 Å². The third-order valence-electron chi connectivity index (χ3n) is 5.31. The van der Waals surface area contributed by atoms with E-state index in [9.17, 15) is 23.7 Å². The first-order chi connectivity index (χ1) is 14.8. The number of amides is 1. The molecule has 0 radical (unpaired) electrons. The lowest BCUT2D eigenvalue weighted by molar-refractivity contribution is -0.158. The Balaban J connectivity index is 1.53. The predicted octanol–water partition coefficient (Wildman–Crippen LogP) is 1.56. The molecule has 3 aliphatic rings. The topological polar surface area (TPSA) is 127 Å². The number of thioether (sulfide) groups is 2. The summed E-state index contributed by atoms with van der Waals surface area (Å²) in [6, 6.07) is 0. The van der Waals surface area contributed by atoms with Crippen molar-refractivity contribution in [3.8, 4) is 0 Å². The van der Waals surface area contributed by atoms with E-state index in [0.717, 1.165) is 12.8 Å². The zero-order valence-corrected chi connectivity index (χ0v) is 19.5. The summed E-state index contributed by atoms with van der Waals surface area (Å²) < 4.78 is 27.8. The highest BCUT2D eigenvalue weighted by Gasteiger charge is 2.58. The minimum atomic E-state index is -0.871. The zero-order valence-electron chi connectivity index (χ0n) is 17.0. The summed E-state index contributed by atoms with van der Waals surface area (Å²) in [7, 11) is -0.871. The van der Waals surface area contributed by atoms with Gasteiger partial charge in [0.2, 0.25) is 5.91 Å². The van der Waals surface area contributed by atoms with E-state index in [2.05, 4.69) is 0 Å². The Kier molecular flexibility index (Phi) is 6.71. The van der Waals surface area contributed by atoms with Crippen LogP contribution in [0.4, 0.5) is 0 Å². The Bertz CT molecular complexity index is 997. The molecule has 0 saturated carbocycles. The number of aliphatic hydroxyl groups excluding tert-OH is 1. The van der Waals surface area contributed by atoms with E-state index in [1.807, 2.05) is 6.92 Å². The van der Waals surface area contributed by atoms with Crippen LogP contribution in [0.15, 0.2) is 23.6 Å². The van der Waals surface area contributed by atoms with Crippen molar-refractivity contribution in [3.05, 3.63) is 32.1 Å².